The molecule has 1 aromatic rings. The number of halogens is 2. The van der Waals surface area contributed by atoms with Crippen LogP contribution in [-0.4, -0.2) is 13.2 Å². The average molecular weight is 283 g/mol. The fourth-order valence-electron chi connectivity index (χ4n) is 2.89. The van der Waals surface area contributed by atoms with Gasteiger partial charge in [0.15, 0.2) is 0 Å². The van der Waals surface area contributed by atoms with Crippen LogP contribution >= 0.6 is 0 Å². The minimum absolute atomic E-state index is 0.213. The lowest BCUT2D eigenvalue weighted by atomic mass is 9.80. The smallest absolute Gasteiger partial charge is 0.387 e. The summed E-state index contributed by atoms with van der Waals surface area (Å²) >= 11 is 0. The molecule has 2 rings (SSSR count). The standard InChI is InChI=1S/C16H23F2NO/c1-12-4-2-3-5-14(12)11-19-10-13-6-8-15(9-7-13)20-16(17)18/h6-9,12,14,16,19H,2-5,10-11H2,1H3. The van der Waals surface area contributed by atoms with Gasteiger partial charge < -0.3 is 10.1 Å². The molecule has 1 saturated carbocycles. The number of benzene rings is 1. The number of rotatable bonds is 6. The van der Waals surface area contributed by atoms with E-state index in [0.29, 0.717) is 0 Å². The van der Waals surface area contributed by atoms with Crippen LogP contribution in [0.1, 0.15) is 38.2 Å². The molecule has 1 aliphatic carbocycles. The van der Waals surface area contributed by atoms with Gasteiger partial charge >= 0.3 is 6.61 Å². The summed E-state index contributed by atoms with van der Waals surface area (Å²) in [5, 5.41) is 3.47. The highest BCUT2D eigenvalue weighted by Crippen LogP contribution is 2.28. The first kappa shape index (κ1) is 15.2. The molecule has 1 aromatic carbocycles. The van der Waals surface area contributed by atoms with Gasteiger partial charge in [-0.1, -0.05) is 38.3 Å². The predicted octanol–water partition coefficient (Wildman–Crippen LogP) is 4.20. The van der Waals surface area contributed by atoms with Gasteiger partial charge in [-0.05, 0) is 42.5 Å². The minimum atomic E-state index is -2.76. The second kappa shape index (κ2) is 7.58. The number of ether oxygens (including phenoxy) is 1. The van der Waals surface area contributed by atoms with Crippen LogP contribution in [0.2, 0.25) is 0 Å². The van der Waals surface area contributed by atoms with Crippen molar-refractivity contribution in [1.29, 1.82) is 0 Å². The second-order valence-corrected chi connectivity index (χ2v) is 5.68. The minimum Gasteiger partial charge on any atom is -0.435 e. The highest BCUT2D eigenvalue weighted by atomic mass is 19.3. The molecular formula is C16H23F2NO. The summed E-state index contributed by atoms with van der Waals surface area (Å²) in [5.74, 6) is 1.79. The van der Waals surface area contributed by atoms with E-state index < -0.39 is 6.61 Å². The maximum absolute atomic E-state index is 12.0. The molecule has 0 heterocycles. The third-order valence-electron chi connectivity index (χ3n) is 4.17. The van der Waals surface area contributed by atoms with Crippen LogP contribution in [0, 0.1) is 11.8 Å². The van der Waals surface area contributed by atoms with Crippen molar-refractivity contribution in [2.75, 3.05) is 6.54 Å². The van der Waals surface area contributed by atoms with E-state index in [1.165, 1.54) is 25.7 Å². The van der Waals surface area contributed by atoms with Gasteiger partial charge in [-0.3, -0.25) is 0 Å². The Morgan fingerprint density at radius 1 is 1.20 bits per heavy atom. The van der Waals surface area contributed by atoms with Crippen molar-refractivity contribution in [3.05, 3.63) is 29.8 Å². The van der Waals surface area contributed by atoms with E-state index >= 15 is 0 Å². The zero-order chi connectivity index (χ0) is 14.4. The van der Waals surface area contributed by atoms with Crippen molar-refractivity contribution in [3.8, 4) is 5.75 Å². The zero-order valence-corrected chi connectivity index (χ0v) is 11.9. The van der Waals surface area contributed by atoms with Crippen LogP contribution in [0.4, 0.5) is 8.78 Å². The van der Waals surface area contributed by atoms with Gasteiger partial charge in [-0.15, -0.1) is 0 Å². The van der Waals surface area contributed by atoms with Gasteiger partial charge in [0, 0.05) is 6.54 Å². The molecule has 0 radical (unpaired) electrons. The predicted molar refractivity (Wildman–Crippen MR) is 75.9 cm³/mol. The zero-order valence-electron chi connectivity index (χ0n) is 11.9. The first-order chi connectivity index (χ1) is 9.65. The highest BCUT2D eigenvalue weighted by Gasteiger charge is 2.20. The van der Waals surface area contributed by atoms with E-state index in [2.05, 4.69) is 17.0 Å². The molecular weight excluding hydrogens is 260 g/mol. The fraction of sp³-hybridized carbons (Fsp3) is 0.625. The lowest BCUT2D eigenvalue weighted by Gasteiger charge is -2.28. The maximum atomic E-state index is 12.0. The van der Waals surface area contributed by atoms with Crippen molar-refractivity contribution in [2.45, 2.75) is 45.8 Å². The third kappa shape index (κ3) is 4.75. The summed E-state index contributed by atoms with van der Waals surface area (Å²) in [7, 11) is 0. The van der Waals surface area contributed by atoms with Crippen LogP contribution in [0.5, 0.6) is 5.75 Å². The third-order valence-corrected chi connectivity index (χ3v) is 4.17. The Balaban J connectivity index is 1.73. The van der Waals surface area contributed by atoms with Crippen molar-refractivity contribution < 1.29 is 13.5 Å². The SMILES string of the molecule is CC1CCCCC1CNCc1ccc(OC(F)F)cc1. The van der Waals surface area contributed by atoms with Crippen molar-refractivity contribution in [2.24, 2.45) is 11.8 Å². The number of hydrogen-bond acceptors (Lipinski definition) is 2. The highest BCUT2D eigenvalue weighted by molar-refractivity contribution is 5.27. The first-order valence-corrected chi connectivity index (χ1v) is 7.39. The van der Waals surface area contributed by atoms with E-state index in [0.717, 1.165) is 30.5 Å². The number of alkyl halides is 2. The summed E-state index contributed by atoms with van der Waals surface area (Å²) in [6, 6.07) is 6.84. The molecule has 0 aromatic heterocycles. The first-order valence-electron chi connectivity index (χ1n) is 7.39. The van der Waals surface area contributed by atoms with E-state index in [-0.39, 0.29) is 5.75 Å². The maximum Gasteiger partial charge on any atom is 0.387 e. The quantitative estimate of drug-likeness (QED) is 0.844. The Bertz CT molecular complexity index is 394. The van der Waals surface area contributed by atoms with Crippen LogP contribution in [0.25, 0.3) is 0 Å². The van der Waals surface area contributed by atoms with Gasteiger partial charge in [0.25, 0.3) is 0 Å². The molecule has 1 fully saturated rings. The average Bonchev–Trinajstić information content (AvgIpc) is 2.42. The number of hydrogen-bond donors (Lipinski definition) is 1. The summed E-state index contributed by atoms with van der Waals surface area (Å²) in [6.07, 6.45) is 5.36. The summed E-state index contributed by atoms with van der Waals surface area (Å²) in [5.41, 5.74) is 1.09. The van der Waals surface area contributed by atoms with Crippen LogP contribution < -0.4 is 10.1 Å². The molecule has 2 unspecified atom stereocenters. The lowest BCUT2D eigenvalue weighted by Crippen LogP contribution is -2.29. The van der Waals surface area contributed by atoms with Crippen molar-refractivity contribution >= 4 is 0 Å². The van der Waals surface area contributed by atoms with Gasteiger partial charge in [0.2, 0.25) is 0 Å². The van der Waals surface area contributed by atoms with E-state index in [4.69, 9.17) is 0 Å². The van der Waals surface area contributed by atoms with Gasteiger partial charge in [0.1, 0.15) is 5.75 Å². The monoisotopic (exact) mass is 283 g/mol. The Hall–Kier alpha value is -1.16. The summed E-state index contributed by atoms with van der Waals surface area (Å²) in [4.78, 5) is 0. The molecule has 1 aliphatic rings. The topological polar surface area (TPSA) is 21.3 Å². The molecule has 0 aliphatic heterocycles. The van der Waals surface area contributed by atoms with E-state index in [1.54, 1.807) is 12.1 Å². The Labute approximate surface area is 119 Å². The van der Waals surface area contributed by atoms with E-state index in [9.17, 15) is 8.78 Å². The summed E-state index contributed by atoms with van der Waals surface area (Å²) in [6.45, 7) is 1.39. The van der Waals surface area contributed by atoms with Gasteiger partial charge in [-0.2, -0.15) is 8.78 Å². The Kier molecular flexibility index (Phi) is 5.77. The number of nitrogens with one attached hydrogen (secondary N) is 1. The van der Waals surface area contributed by atoms with Crippen LogP contribution in [0.15, 0.2) is 24.3 Å². The Morgan fingerprint density at radius 2 is 1.90 bits per heavy atom. The lowest BCUT2D eigenvalue weighted by molar-refractivity contribution is -0.0498. The van der Waals surface area contributed by atoms with Crippen molar-refractivity contribution in [3.63, 3.8) is 0 Å². The van der Waals surface area contributed by atoms with Gasteiger partial charge in [0.05, 0.1) is 0 Å². The van der Waals surface area contributed by atoms with Crippen LogP contribution in [0.3, 0.4) is 0 Å². The van der Waals surface area contributed by atoms with E-state index in [1.807, 2.05) is 12.1 Å². The molecule has 0 saturated heterocycles. The Morgan fingerprint density at radius 3 is 2.55 bits per heavy atom. The molecule has 2 atom stereocenters. The molecule has 1 N–H and O–H groups in total. The molecule has 20 heavy (non-hydrogen) atoms. The molecule has 0 spiro atoms. The second-order valence-electron chi connectivity index (χ2n) is 5.68. The fourth-order valence-corrected chi connectivity index (χ4v) is 2.89. The summed E-state index contributed by atoms with van der Waals surface area (Å²) < 4.78 is 28.4. The van der Waals surface area contributed by atoms with Crippen molar-refractivity contribution in [1.82, 2.24) is 5.32 Å². The largest absolute Gasteiger partial charge is 0.435 e. The normalized spacial score (nSPS) is 23.0. The molecule has 112 valence electrons. The molecule has 0 amide bonds. The molecule has 0 bridgehead atoms. The van der Waals surface area contributed by atoms with Gasteiger partial charge in [-0.25, -0.2) is 0 Å². The van der Waals surface area contributed by atoms with Crippen LogP contribution in [-0.2, 0) is 6.54 Å². The molecule has 4 heteroatoms. The molecule has 2 nitrogen and oxygen atoms in total.